The van der Waals surface area contributed by atoms with Crippen LogP contribution in [0.15, 0.2) is 0 Å². The molecule has 2 atom stereocenters. The lowest BCUT2D eigenvalue weighted by molar-refractivity contribution is -0.140. The van der Waals surface area contributed by atoms with Gasteiger partial charge in [0.2, 0.25) is 5.91 Å². The molecular weight excluding hydrogens is 230 g/mol. The molecular formula is C14H25NO3. The summed E-state index contributed by atoms with van der Waals surface area (Å²) < 4.78 is 0. The zero-order valence-corrected chi connectivity index (χ0v) is 11.8. The molecule has 1 heterocycles. The van der Waals surface area contributed by atoms with Crippen molar-refractivity contribution < 1.29 is 14.7 Å². The van der Waals surface area contributed by atoms with Crippen molar-refractivity contribution in [3.05, 3.63) is 0 Å². The van der Waals surface area contributed by atoms with Crippen LogP contribution < -0.4 is 0 Å². The molecule has 0 aromatic rings. The largest absolute Gasteiger partial charge is 0.481 e. The first kappa shape index (κ1) is 15.0. The lowest BCUT2D eigenvalue weighted by Crippen LogP contribution is -2.29. The number of hydrogen-bond donors (Lipinski definition) is 1. The maximum atomic E-state index is 11.9. The summed E-state index contributed by atoms with van der Waals surface area (Å²) in [6, 6.07) is 0. The van der Waals surface area contributed by atoms with Gasteiger partial charge < -0.3 is 10.0 Å². The summed E-state index contributed by atoms with van der Waals surface area (Å²) in [7, 11) is 0. The molecule has 1 saturated heterocycles. The maximum Gasteiger partial charge on any atom is 0.303 e. The van der Waals surface area contributed by atoms with Gasteiger partial charge >= 0.3 is 5.97 Å². The van der Waals surface area contributed by atoms with Gasteiger partial charge in [0.05, 0.1) is 6.42 Å². The number of nitrogens with zero attached hydrogens (tertiary/aromatic N) is 1. The highest BCUT2D eigenvalue weighted by Crippen LogP contribution is 2.34. The summed E-state index contributed by atoms with van der Waals surface area (Å²) in [6.07, 6.45) is 0.0684. The van der Waals surface area contributed by atoms with Gasteiger partial charge in [0.1, 0.15) is 0 Å². The average Bonchev–Trinajstić information content (AvgIpc) is 2.70. The van der Waals surface area contributed by atoms with Crippen molar-refractivity contribution in [3.63, 3.8) is 0 Å². The van der Waals surface area contributed by atoms with E-state index < -0.39 is 5.97 Å². The van der Waals surface area contributed by atoms with Crippen LogP contribution in [0.1, 0.15) is 40.5 Å². The first-order chi connectivity index (χ1) is 8.32. The summed E-state index contributed by atoms with van der Waals surface area (Å²) in [4.78, 5) is 24.3. The number of likely N-dealkylation sites (tertiary alicyclic amines) is 1. The third-order valence-electron chi connectivity index (χ3n) is 4.03. The molecule has 1 aliphatic rings. The molecule has 1 rings (SSSR count). The molecule has 104 valence electrons. The minimum atomic E-state index is -0.900. The Balaban J connectivity index is 2.60. The number of carbonyl (C=O) groups excluding carboxylic acids is 1. The first-order valence-electron chi connectivity index (χ1n) is 6.82. The van der Waals surface area contributed by atoms with Gasteiger partial charge in [-0.25, -0.2) is 0 Å². The highest BCUT2D eigenvalue weighted by Gasteiger charge is 2.37. The second-order valence-corrected chi connectivity index (χ2v) is 6.01. The van der Waals surface area contributed by atoms with E-state index in [2.05, 4.69) is 27.7 Å². The van der Waals surface area contributed by atoms with Crippen LogP contribution in [0.3, 0.4) is 0 Å². The molecule has 18 heavy (non-hydrogen) atoms. The minimum Gasteiger partial charge on any atom is -0.481 e. The van der Waals surface area contributed by atoms with E-state index >= 15 is 0 Å². The van der Waals surface area contributed by atoms with Crippen LogP contribution in [0.2, 0.25) is 0 Å². The molecule has 2 unspecified atom stereocenters. The monoisotopic (exact) mass is 255 g/mol. The third kappa shape index (κ3) is 3.72. The summed E-state index contributed by atoms with van der Waals surface area (Å²) in [5, 5.41) is 8.61. The summed E-state index contributed by atoms with van der Waals surface area (Å²) in [5.74, 6) is 1.30. The van der Waals surface area contributed by atoms with Gasteiger partial charge in [0.15, 0.2) is 0 Å². The Kier molecular flexibility index (Phi) is 5.17. The van der Waals surface area contributed by atoms with Crippen molar-refractivity contribution in [2.45, 2.75) is 40.5 Å². The number of rotatable bonds is 5. The van der Waals surface area contributed by atoms with Crippen LogP contribution in [0.5, 0.6) is 0 Å². The number of carboxylic acids is 1. The van der Waals surface area contributed by atoms with E-state index in [9.17, 15) is 9.59 Å². The Hall–Kier alpha value is -1.06. The Morgan fingerprint density at radius 2 is 1.50 bits per heavy atom. The summed E-state index contributed by atoms with van der Waals surface area (Å²) >= 11 is 0. The van der Waals surface area contributed by atoms with Crippen LogP contribution in [0.25, 0.3) is 0 Å². The lowest BCUT2D eigenvalue weighted by atomic mass is 9.80. The van der Waals surface area contributed by atoms with E-state index in [1.165, 1.54) is 0 Å². The molecule has 0 aromatic carbocycles. The second-order valence-electron chi connectivity index (χ2n) is 6.01. The zero-order chi connectivity index (χ0) is 13.9. The fourth-order valence-corrected chi connectivity index (χ4v) is 2.84. The molecule has 1 fully saturated rings. The van der Waals surface area contributed by atoms with E-state index in [4.69, 9.17) is 5.11 Å². The molecule has 0 saturated carbocycles. The molecule has 4 heteroatoms. The van der Waals surface area contributed by atoms with Gasteiger partial charge in [-0.3, -0.25) is 9.59 Å². The van der Waals surface area contributed by atoms with Crippen LogP contribution in [0.4, 0.5) is 0 Å². The van der Waals surface area contributed by atoms with Crippen LogP contribution in [0, 0.1) is 23.7 Å². The average molecular weight is 255 g/mol. The van der Waals surface area contributed by atoms with Gasteiger partial charge in [-0.05, 0) is 23.7 Å². The number of aliphatic carboxylic acids is 1. The minimum absolute atomic E-state index is 0.00815. The Labute approximate surface area is 109 Å². The van der Waals surface area contributed by atoms with E-state index in [1.807, 2.05) is 4.90 Å². The van der Waals surface area contributed by atoms with Gasteiger partial charge in [-0.15, -0.1) is 0 Å². The van der Waals surface area contributed by atoms with E-state index in [1.54, 1.807) is 0 Å². The zero-order valence-electron chi connectivity index (χ0n) is 11.8. The van der Waals surface area contributed by atoms with Crippen molar-refractivity contribution in [2.75, 3.05) is 13.1 Å². The van der Waals surface area contributed by atoms with Crippen LogP contribution >= 0.6 is 0 Å². The summed E-state index contributed by atoms with van der Waals surface area (Å²) in [5.41, 5.74) is 0. The van der Waals surface area contributed by atoms with Gasteiger partial charge in [0, 0.05) is 19.5 Å². The topological polar surface area (TPSA) is 57.6 Å². The van der Waals surface area contributed by atoms with Crippen molar-refractivity contribution in [1.29, 1.82) is 0 Å². The van der Waals surface area contributed by atoms with E-state index in [-0.39, 0.29) is 18.7 Å². The van der Waals surface area contributed by atoms with Crippen molar-refractivity contribution >= 4 is 11.9 Å². The number of carboxylic acid groups (broad SMARTS) is 1. The standard InChI is InChI=1S/C14H25NO3/c1-9(2)11-7-15(8-12(11)10(3)4)13(16)5-6-14(17)18/h9-12H,5-8H2,1-4H3,(H,17,18). The van der Waals surface area contributed by atoms with Crippen LogP contribution in [-0.2, 0) is 9.59 Å². The van der Waals surface area contributed by atoms with Crippen LogP contribution in [-0.4, -0.2) is 35.0 Å². The highest BCUT2D eigenvalue weighted by atomic mass is 16.4. The molecule has 0 spiro atoms. The fraction of sp³-hybridized carbons (Fsp3) is 0.857. The normalized spacial score (nSPS) is 24.0. The van der Waals surface area contributed by atoms with Gasteiger partial charge in [-0.2, -0.15) is 0 Å². The van der Waals surface area contributed by atoms with E-state index in [0.29, 0.717) is 23.7 Å². The second kappa shape index (κ2) is 6.21. The van der Waals surface area contributed by atoms with Crippen molar-refractivity contribution in [1.82, 2.24) is 4.90 Å². The molecule has 1 N–H and O–H groups in total. The smallest absolute Gasteiger partial charge is 0.303 e. The predicted molar refractivity (Wildman–Crippen MR) is 70.1 cm³/mol. The first-order valence-corrected chi connectivity index (χ1v) is 6.82. The SMILES string of the molecule is CC(C)C1CN(C(=O)CCC(=O)O)CC1C(C)C. The molecule has 0 aliphatic carbocycles. The lowest BCUT2D eigenvalue weighted by Gasteiger charge is -2.24. The fourth-order valence-electron chi connectivity index (χ4n) is 2.84. The summed E-state index contributed by atoms with van der Waals surface area (Å²) in [6.45, 7) is 10.4. The Morgan fingerprint density at radius 3 is 1.83 bits per heavy atom. The Morgan fingerprint density at radius 1 is 1.06 bits per heavy atom. The third-order valence-corrected chi connectivity index (χ3v) is 4.03. The number of hydrogen-bond acceptors (Lipinski definition) is 2. The Bertz CT molecular complexity index is 296. The molecule has 0 radical (unpaired) electrons. The molecule has 1 aliphatic heterocycles. The molecule has 1 amide bonds. The van der Waals surface area contributed by atoms with Gasteiger partial charge in [0.25, 0.3) is 0 Å². The molecule has 0 bridgehead atoms. The van der Waals surface area contributed by atoms with Crippen molar-refractivity contribution in [3.8, 4) is 0 Å². The number of amides is 1. The molecule has 4 nitrogen and oxygen atoms in total. The number of carbonyl (C=O) groups is 2. The van der Waals surface area contributed by atoms with Crippen molar-refractivity contribution in [2.24, 2.45) is 23.7 Å². The predicted octanol–water partition coefficient (Wildman–Crippen LogP) is 2.24. The molecule has 0 aromatic heterocycles. The quantitative estimate of drug-likeness (QED) is 0.819. The van der Waals surface area contributed by atoms with E-state index in [0.717, 1.165) is 13.1 Å². The van der Waals surface area contributed by atoms with Gasteiger partial charge in [-0.1, -0.05) is 27.7 Å². The highest BCUT2D eigenvalue weighted by molar-refractivity contribution is 5.80. The maximum absolute atomic E-state index is 11.9.